The quantitative estimate of drug-likeness (QED) is 0.0138. The van der Waals surface area contributed by atoms with E-state index < -0.39 is 11.5 Å². The van der Waals surface area contributed by atoms with Crippen LogP contribution in [0.2, 0.25) is 10.0 Å². The highest BCUT2D eigenvalue weighted by atomic mass is 35.5. The first-order valence-corrected chi connectivity index (χ1v) is 45.7. The predicted molar refractivity (Wildman–Crippen MR) is 512 cm³/mol. The molecule has 2 fully saturated rings. The molecular formula is C98H130Cl3N11O8S2. The van der Waals surface area contributed by atoms with Gasteiger partial charge in [0.05, 0.1) is 61.1 Å². The Morgan fingerprint density at radius 1 is 0.434 bits per heavy atom. The summed E-state index contributed by atoms with van der Waals surface area (Å²) in [7, 11) is 0. The second-order valence-corrected chi connectivity index (χ2v) is 33.9. The average Bonchev–Trinajstić information content (AvgIpc) is 1.51. The number of anilines is 4. The SMILES string of the molecule is CC.CC(=O)c1ccc2c(c1)c1cc(C(C)=O)ccc1n2CCNC(C)C.Cl.Clc1ccc2c(c1)N(CCCN1CCN(CCNCCCOCCOCCOCCCNC(c3ccccc3)(c3ccccc3)c3ccccc3)CC1)c1ccccc1S2.O=C(O)CCC(=O)NCCN1CCN(CCCN2c3ccccc3Sc3ccc(Cl)cc32)CC1.[HH].[HH].[HH]. The zero-order chi connectivity index (χ0) is 85.1. The van der Waals surface area contributed by atoms with E-state index in [0.29, 0.717) is 56.7 Å². The molecule has 9 aromatic carbocycles. The van der Waals surface area contributed by atoms with Gasteiger partial charge in [-0.15, -0.1) is 12.4 Å². The number of hydrogen-bond acceptors (Lipinski definition) is 18. The van der Waals surface area contributed by atoms with Crippen LogP contribution in [0.5, 0.6) is 0 Å². The van der Waals surface area contributed by atoms with Crippen molar-refractivity contribution in [2.75, 3.05) is 174 Å². The number of benzene rings is 9. The van der Waals surface area contributed by atoms with Crippen LogP contribution in [-0.4, -0.2) is 223 Å². The smallest absolute Gasteiger partial charge is 0.303 e. The fraction of sp³-hybridized carbons (Fsp3) is 0.408. The number of carbonyl (C=O) groups excluding carboxylic acids is 3. The molecule has 0 atom stereocenters. The van der Waals surface area contributed by atoms with Gasteiger partial charge in [0.15, 0.2) is 11.6 Å². The van der Waals surface area contributed by atoms with Crippen molar-refractivity contribution in [1.82, 2.24) is 45.4 Å². The van der Waals surface area contributed by atoms with E-state index in [4.69, 9.17) is 42.5 Å². The average molecular weight is 1760 g/mol. The summed E-state index contributed by atoms with van der Waals surface area (Å²) in [5, 5.41) is 26.0. The standard InChI is InChI=1S/C50H62ClN5O3S.C25H31ClN4O3S.C21H24N2O2.C2H6.ClH.3H2/c51-45-23-24-49-47(41-45)56(46-21-10-11-22-48(46)60-49)29-14-28-54-31-33-55(34-32-54)30-27-52-25-12-35-57-37-39-59-40-38-58-36-13-26-53-50(42-15-4-1-5-16-42,43-17-6-2-7-18-43)44-19-8-3-9-20-44;26-19-6-7-23-21(18-19)30(20-4-1-2-5-22(20)34-23)12-3-11-28-14-16-29(17-15-28)13-10-27-24(31)8-9-25(32)33;1-13(2)22-9-10-23-20-7-5-16(14(3)24)11-18(20)19-12-17(15(4)25)6-8-21(19)23;1-2;;;;/h1-11,15-24,41,52-53H,12-14,25-40H2;1-2,4-7,18H,3,8-17H2,(H,27,31)(H,32,33);5-8,11-13,22H,9-10H2,1-4H3;1-2H3;4*1H. The molecule has 14 rings (SSSR count). The van der Waals surface area contributed by atoms with Crippen LogP contribution in [-0.2, 0) is 35.9 Å². The normalized spacial score (nSPS) is 14.1. The number of carboxylic acid groups (broad SMARTS) is 1. The van der Waals surface area contributed by atoms with E-state index in [1.165, 1.54) is 59.0 Å². The van der Waals surface area contributed by atoms with Crippen molar-refractivity contribution in [2.45, 2.75) is 118 Å². The number of carbonyl (C=O) groups is 4. The molecule has 2 saturated heterocycles. The number of aliphatic carboxylic acids is 1. The molecule has 0 unspecified atom stereocenters. The molecule has 1 amide bonds. The fourth-order valence-electron chi connectivity index (χ4n) is 15.9. The van der Waals surface area contributed by atoms with Crippen LogP contribution >= 0.6 is 59.1 Å². The summed E-state index contributed by atoms with van der Waals surface area (Å²) >= 11 is 16.4. The van der Waals surface area contributed by atoms with Gasteiger partial charge in [-0.2, -0.15) is 0 Å². The highest BCUT2D eigenvalue weighted by Gasteiger charge is 2.36. The van der Waals surface area contributed by atoms with Gasteiger partial charge >= 0.3 is 5.97 Å². The van der Waals surface area contributed by atoms with Gasteiger partial charge in [0.2, 0.25) is 5.91 Å². The third-order valence-corrected chi connectivity index (χ3v) is 24.9. The fourth-order valence-corrected chi connectivity index (χ4v) is 18.4. The van der Waals surface area contributed by atoms with E-state index >= 15 is 0 Å². The Balaban J connectivity index is 0.000000278. The first-order valence-electron chi connectivity index (χ1n) is 43.3. The first-order chi connectivity index (χ1) is 59.1. The number of Topliss-reactive ketones (excluding diaryl/α,β-unsaturated/α-hetero) is 2. The van der Waals surface area contributed by atoms with E-state index in [2.05, 4.69) is 233 Å². The lowest BCUT2D eigenvalue weighted by atomic mass is 9.77. The highest BCUT2D eigenvalue weighted by molar-refractivity contribution is 8.00. The van der Waals surface area contributed by atoms with Crippen LogP contribution < -0.4 is 31.1 Å². The predicted octanol–water partition coefficient (Wildman–Crippen LogP) is 19.3. The van der Waals surface area contributed by atoms with E-state index in [1.54, 1.807) is 25.6 Å². The summed E-state index contributed by atoms with van der Waals surface area (Å²) in [6.07, 6.45) is 4.00. The van der Waals surface area contributed by atoms with E-state index in [9.17, 15) is 19.2 Å². The molecular weight excluding hydrogens is 1630 g/mol. The van der Waals surface area contributed by atoms with Crippen LogP contribution in [0, 0.1) is 0 Å². The highest BCUT2D eigenvalue weighted by Crippen LogP contribution is 2.50. The first kappa shape index (κ1) is 96.0. The molecule has 5 N–H and O–H groups in total. The van der Waals surface area contributed by atoms with Crippen molar-refractivity contribution < 1.29 is 42.8 Å². The number of carboxylic acids is 1. The monoisotopic (exact) mass is 1760 g/mol. The number of nitrogens with one attached hydrogen (secondary N) is 4. The maximum atomic E-state index is 11.8. The zero-order valence-electron chi connectivity index (χ0n) is 71.8. The number of amides is 1. The minimum absolute atomic E-state index is 0. The van der Waals surface area contributed by atoms with Crippen LogP contribution in [0.3, 0.4) is 0 Å². The summed E-state index contributed by atoms with van der Waals surface area (Å²) in [6.45, 7) is 34.7. The Hall–Kier alpha value is -8.17. The Bertz CT molecular complexity index is 4740. The van der Waals surface area contributed by atoms with Crippen LogP contribution in [0.4, 0.5) is 22.7 Å². The maximum absolute atomic E-state index is 11.8. The lowest BCUT2D eigenvalue weighted by molar-refractivity contribution is -0.138. The van der Waals surface area contributed by atoms with Crippen molar-refractivity contribution >= 4 is 127 Å². The Morgan fingerprint density at radius 2 is 0.836 bits per heavy atom. The summed E-state index contributed by atoms with van der Waals surface area (Å²) in [5.74, 6) is -1.04. The van der Waals surface area contributed by atoms with Crippen LogP contribution in [0.1, 0.15) is 122 Å². The number of rotatable bonds is 41. The number of piperazine rings is 2. The number of aromatic nitrogens is 1. The Kier molecular flexibility index (Phi) is 39.9. The number of ether oxygens (including phenoxy) is 3. The van der Waals surface area contributed by atoms with E-state index in [-0.39, 0.29) is 47.0 Å². The number of ketones is 2. The Morgan fingerprint density at radius 3 is 1.27 bits per heavy atom. The summed E-state index contributed by atoms with van der Waals surface area (Å²) in [5.41, 5.74) is 11.7. The molecule has 1 aromatic heterocycles. The molecule has 0 spiro atoms. The van der Waals surface area contributed by atoms with E-state index in [0.717, 1.165) is 188 Å². The third kappa shape index (κ3) is 27.9. The van der Waals surface area contributed by atoms with E-state index in [1.807, 2.05) is 74.1 Å². The van der Waals surface area contributed by atoms with Crippen LogP contribution in [0.15, 0.2) is 232 Å². The molecule has 5 heterocycles. The molecule has 4 aliphatic rings. The number of hydrogen-bond donors (Lipinski definition) is 5. The van der Waals surface area contributed by atoms with Crippen molar-refractivity contribution in [2.24, 2.45) is 0 Å². The molecule has 0 radical (unpaired) electrons. The van der Waals surface area contributed by atoms with Gasteiger partial charge < -0.3 is 59.4 Å². The second kappa shape index (κ2) is 50.7. The lowest BCUT2D eigenvalue weighted by Crippen LogP contribution is -2.48. The van der Waals surface area contributed by atoms with Crippen molar-refractivity contribution in [3.8, 4) is 0 Å². The summed E-state index contributed by atoms with van der Waals surface area (Å²) in [6, 6.07) is 73.9. The van der Waals surface area contributed by atoms with Gasteiger partial charge in [-0.05, 0) is 179 Å². The molecule has 0 aliphatic carbocycles. The molecule has 4 aliphatic heterocycles. The molecule has 24 heteroatoms. The minimum atomic E-state index is -0.942. The van der Waals surface area contributed by atoms with Gasteiger partial charge in [-0.25, -0.2) is 0 Å². The van der Waals surface area contributed by atoms with Gasteiger partial charge in [0, 0.05) is 197 Å². The molecule has 10 aromatic rings. The van der Waals surface area contributed by atoms with Crippen LogP contribution in [0.25, 0.3) is 21.8 Å². The second-order valence-electron chi connectivity index (χ2n) is 30.9. The van der Waals surface area contributed by atoms with Gasteiger partial charge in [0.1, 0.15) is 0 Å². The Labute approximate surface area is 752 Å². The summed E-state index contributed by atoms with van der Waals surface area (Å²) < 4.78 is 19.8. The minimum Gasteiger partial charge on any atom is -0.481 e. The molecule has 0 saturated carbocycles. The number of halogens is 3. The van der Waals surface area contributed by atoms with Crippen molar-refractivity contribution in [3.05, 3.63) is 250 Å². The third-order valence-electron chi connectivity index (χ3n) is 22.2. The molecule has 0 bridgehead atoms. The van der Waals surface area contributed by atoms with Crippen molar-refractivity contribution in [3.63, 3.8) is 0 Å². The molecule has 122 heavy (non-hydrogen) atoms. The molecule has 658 valence electrons. The number of para-hydroxylation sites is 2. The largest absolute Gasteiger partial charge is 0.481 e. The lowest BCUT2D eigenvalue weighted by Gasteiger charge is -2.37. The molecule has 19 nitrogen and oxygen atoms in total. The van der Waals surface area contributed by atoms with Gasteiger partial charge in [0.25, 0.3) is 0 Å². The number of nitrogens with zero attached hydrogens (tertiary/aromatic N) is 7. The zero-order valence-corrected chi connectivity index (χ0v) is 75.8. The van der Waals surface area contributed by atoms with Gasteiger partial charge in [-0.1, -0.05) is 190 Å². The maximum Gasteiger partial charge on any atom is 0.303 e. The summed E-state index contributed by atoms with van der Waals surface area (Å²) in [4.78, 5) is 65.8. The topological polar surface area (TPSA) is 189 Å². The van der Waals surface area contributed by atoms with Gasteiger partial charge in [-0.3, -0.25) is 34.3 Å². The number of fused-ring (bicyclic) bond motifs is 7. The van der Waals surface area contributed by atoms with Crippen molar-refractivity contribution in [1.29, 1.82) is 0 Å².